The molecule has 0 fully saturated rings. The van der Waals surface area contributed by atoms with Gasteiger partial charge in [0.1, 0.15) is 17.2 Å². The zero-order chi connectivity index (χ0) is 15.6. The molecule has 5 nitrogen and oxygen atoms in total. The van der Waals surface area contributed by atoms with Gasteiger partial charge in [0.2, 0.25) is 0 Å². The molecular weight excluding hydrogens is 278 g/mol. The molecular formula is C17H15N3O2. The fraction of sp³-hybridized carbons (Fsp3) is 0.176. The van der Waals surface area contributed by atoms with Gasteiger partial charge in [-0.15, -0.1) is 0 Å². The number of phenols is 2. The smallest absolute Gasteiger partial charge is 0.146 e. The Bertz CT molecular complexity index is 1080. The fourth-order valence-electron chi connectivity index (χ4n) is 3.12. The molecule has 0 spiro atoms. The summed E-state index contributed by atoms with van der Waals surface area (Å²) in [6, 6.07) is 8.75. The van der Waals surface area contributed by atoms with Crippen molar-refractivity contribution in [2.45, 2.75) is 19.5 Å². The van der Waals surface area contributed by atoms with Crippen molar-refractivity contribution in [2.24, 2.45) is 9.98 Å². The van der Waals surface area contributed by atoms with Crippen LogP contribution in [-0.2, 0) is 0 Å². The van der Waals surface area contributed by atoms with Crippen molar-refractivity contribution in [3.8, 4) is 11.5 Å². The standard InChI is InChI=1S/C17H15N3O2/c1-17(2)19-11-7-6-9-13(14(11)20-17)16(22)12-8(15(9)21)4-3-5-10(12)18/h3-7,21-22H,18H2,1-2H3. The molecule has 3 aromatic carbocycles. The van der Waals surface area contributed by atoms with Gasteiger partial charge in [-0.3, -0.25) is 9.98 Å². The van der Waals surface area contributed by atoms with Gasteiger partial charge in [0, 0.05) is 16.5 Å². The Morgan fingerprint density at radius 2 is 1.64 bits per heavy atom. The zero-order valence-electron chi connectivity index (χ0n) is 12.3. The molecule has 0 bridgehead atoms. The van der Waals surface area contributed by atoms with E-state index in [1.807, 2.05) is 19.9 Å². The molecule has 0 atom stereocenters. The van der Waals surface area contributed by atoms with E-state index in [1.165, 1.54) is 0 Å². The lowest BCUT2D eigenvalue weighted by Gasteiger charge is -2.11. The van der Waals surface area contributed by atoms with E-state index in [9.17, 15) is 10.2 Å². The summed E-state index contributed by atoms with van der Waals surface area (Å²) in [5.74, 6) is 0.132. The molecule has 22 heavy (non-hydrogen) atoms. The Morgan fingerprint density at radius 3 is 2.41 bits per heavy atom. The summed E-state index contributed by atoms with van der Waals surface area (Å²) in [5.41, 5.74) is 5.83. The van der Waals surface area contributed by atoms with Gasteiger partial charge in [0.25, 0.3) is 0 Å². The van der Waals surface area contributed by atoms with Crippen LogP contribution in [0.3, 0.4) is 0 Å². The molecule has 1 aliphatic rings. The van der Waals surface area contributed by atoms with Crippen LogP contribution in [0.2, 0.25) is 0 Å². The summed E-state index contributed by atoms with van der Waals surface area (Å²) < 4.78 is 0. The number of aromatic hydroxyl groups is 2. The van der Waals surface area contributed by atoms with Crippen molar-refractivity contribution in [1.82, 2.24) is 0 Å². The highest BCUT2D eigenvalue weighted by molar-refractivity contribution is 6.14. The summed E-state index contributed by atoms with van der Waals surface area (Å²) >= 11 is 0. The molecule has 0 saturated carbocycles. The maximum absolute atomic E-state index is 10.8. The van der Waals surface area contributed by atoms with Crippen molar-refractivity contribution in [3.63, 3.8) is 0 Å². The van der Waals surface area contributed by atoms with Gasteiger partial charge < -0.3 is 15.9 Å². The van der Waals surface area contributed by atoms with Crippen LogP contribution >= 0.6 is 0 Å². The lowest BCUT2D eigenvalue weighted by Crippen LogP contribution is -2.22. The molecule has 0 aliphatic carbocycles. The number of nitrogen functional groups attached to an aromatic ring is 1. The first-order valence-corrected chi connectivity index (χ1v) is 7.04. The highest BCUT2D eigenvalue weighted by Gasteiger charge is 2.23. The predicted molar refractivity (Wildman–Crippen MR) is 85.6 cm³/mol. The highest BCUT2D eigenvalue weighted by Crippen LogP contribution is 2.42. The molecule has 0 saturated heterocycles. The zero-order valence-corrected chi connectivity index (χ0v) is 12.3. The molecule has 1 aliphatic heterocycles. The van der Waals surface area contributed by atoms with Crippen molar-refractivity contribution in [3.05, 3.63) is 41.0 Å². The lowest BCUT2D eigenvalue weighted by molar-refractivity contribution is 0.478. The summed E-state index contributed by atoms with van der Waals surface area (Å²) in [7, 11) is 0. The van der Waals surface area contributed by atoms with Crippen LogP contribution < -0.4 is 16.4 Å². The van der Waals surface area contributed by atoms with Crippen LogP contribution in [0.5, 0.6) is 11.5 Å². The van der Waals surface area contributed by atoms with Crippen molar-refractivity contribution in [1.29, 1.82) is 0 Å². The minimum atomic E-state index is -0.574. The first-order chi connectivity index (χ1) is 10.4. The Balaban J connectivity index is 2.37. The third-order valence-corrected chi connectivity index (χ3v) is 4.02. The number of anilines is 1. The van der Waals surface area contributed by atoms with Gasteiger partial charge in [0.15, 0.2) is 0 Å². The Kier molecular flexibility index (Phi) is 2.27. The molecule has 0 amide bonds. The second-order valence-electron chi connectivity index (χ2n) is 6.04. The summed E-state index contributed by atoms with van der Waals surface area (Å²) in [4.78, 5) is 9.09. The third kappa shape index (κ3) is 1.53. The topological polar surface area (TPSA) is 91.2 Å². The fourth-order valence-corrected chi connectivity index (χ4v) is 3.12. The average Bonchev–Trinajstić information content (AvgIpc) is 2.77. The highest BCUT2D eigenvalue weighted by atomic mass is 16.3. The number of fused-ring (bicyclic) bond motifs is 4. The van der Waals surface area contributed by atoms with Crippen LogP contribution in [-0.4, -0.2) is 15.9 Å². The molecule has 0 unspecified atom stereocenters. The van der Waals surface area contributed by atoms with Crippen LogP contribution in [0, 0.1) is 0 Å². The van der Waals surface area contributed by atoms with Crippen molar-refractivity contribution >= 4 is 27.2 Å². The molecule has 0 aromatic heterocycles. The van der Waals surface area contributed by atoms with E-state index >= 15 is 0 Å². The first kappa shape index (κ1) is 12.9. The van der Waals surface area contributed by atoms with E-state index in [-0.39, 0.29) is 11.5 Å². The quantitative estimate of drug-likeness (QED) is 0.336. The van der Waals surface area contributed by atoms with Crippen molar-refractivity contribution < 1.29 is 10.2 Å². The summed E-state index contributed by atoms with van der Waals surface area (Å²) in [6.45, 7) is 3.79. The Labute approximate surface area is 126 Å². The number of nitrogens with zero attached hydrogens (tertiary/aromatic N) is 2. The van der Waals surface area contributed by atoms with Gasteiger partial charge in [-0.2, -0.15) is 0 Å². The monoisotopic (exact) mass is 293 g/mol. The van der Waals surface area contributed by atoms with Crippen LogP contribution in [0.25, 0.3) is 21.5 Å². The first-order valence-electron chi connectivity index (χ1n) is 7.04. The van der Waals surface area contributed by atoms with E-state index in [2.05, 4.69) is 9.98 Å². The third-order valence-electron chi connectivity index (χ3n) is 4.02. The van der Waals surface area contributed by atoms with Gasteiger partial charge >= 0.3 is 0 Å². The number of hydrogen-bond donors (Lipinski definition) is 3. The average molecular weight is 293 g/mol. The number of benzene rings is 3. The normalized spacial score (nSPS) is 15.5. The van der Waals surface area contributed by atoms with Crippen LogP contribution in [0.1, 0.15) is 13.8 Å². The Hall–Kier alpha value is -2.82. The maximum atomic E-state index is 10.8. The van der Waals surface area contributed by atoms with Crippen LogP contribution in [0.4, 0.5) is 5.69 Å². The Morgan fingerprint density at radius 1 is 0.909 bits per heavy atom. The SMILES string of the molecule is CC1(C)N=c2ccc3c(O)c4cccc(N)c4c(O)c3c2=N1. The minimum Gasteiger partial charge on any atom is -0.507 e. The second-order valence-corrected chi connectivity index (χ2v) is 6.04. The number of hydrogen-bond acceptors (Lipinski definition) is 5. The van der Waals surface area contributed by atoms with E-state index in [0.717, 1.165) is 0 Å². The second kappa shape index (κ2) is 3.88. The number of phenolic OH excluding ortho intramolecular Hbond substituents is 2. The molecule has 5 heteroatoms. The molecule has 1 heterocycles. The number of rotatable bonds is 0. The van der Waals surface area contributed by atoms with E-state index in [1.54, 1.807) is 24.3 Å². The molecule has 3 aromatic rings. The lowest BCUT2D eigenvalue weighted by atomic mass is 9.99. The van der Waals surface area contributed by atoms with Gasteiger partial charge in [0.05, 0.1) is 21.5 Å². The number of nitrogens with two attached hydrogens (primary N) is 1. The largest absolute Gasteiger partial charge is 0.507 e. The summed E-state index contributed by atoms with van der Waals surface area (Å²) in [6.07, 6.45) is 0. The van der Waals surface area contributed by atoms with E-state index < -0.39 is 5.66 Å². The molecule has 0 radical (unpaired) electrons. The van der Waals surface area contributed by atoms with Crippen molar-refractivity contribution in [2.75, 3.05) is 5.73 Å². The maximum Gasteiger partial charge on any atom is 0.146 e. The van der Waals surface area contributed by atoms with E-state index in [4.69, 9.17) is 5.73 Å². The summed E-state index contributed by atoms with van der Waals surface area (Å²) in [5, 5.41) is 24.7. The molecule has 110 valence electrons. The van der Waals surface area contributed by atoms with Gasteiger partial charge in [-0.05, 0) is 32.0 Å². The minimum absolute atomic E-state index is 0.0365. The van der Waals surface area contributed by atoms with Crippen LogP contribution in [0.15, 0.2) is 40.3 Å². The molecule has 4 rings (SSSR count). The van der Waals surface area contributed by atoms with E-state index in [0.29, 0.717) is 37.9 Å². The predicted octanol–water partition coefficient (Wildman–Crippen LogP) is 1.98. The van der Waals surface area contributed by atoms with Gasteiger partial charge in [-0.25, -0.2) is 0 Å². The molecule has 4 N–H and O–H groups in total. The van der Waals surface area contributed by atoms with Gasteiger partial charge in [-0.1, -0.05) is 12.1 Å².